The summed E-state index contributed by atoms with van der Waals surface area (Å²) in [6.07, 6.45) is 5.93. The van der Waals surface area contributed by atoms with Crippen LogP contribution in [0.5, 0.6) is 0 Å². The molecule has 3 heterocycles. The summed E-state index contributed by atoms with van der Waals surface area (Å²) in [7, 11) is 2.15. The molecule has 2 aromatic rings. The standard InChI is InChI=1S/C22H34N6/c1-26-21(17-27-12-2-3-13-27)24-25-22(26)20-9-14-28(15-10-20)16-19-6-4-18(5-7-19)8-11-23/h4-7,20H,2-3,8-17,23H2,1H3. The summed E-state index contributed by atoms with van der Waals surface area (Å²) in [5.41, 5.74) is 8.36. The molecule has 6 nitrogen and oxygen atoms in total. The fourth-order valence-electron chi connectivity index (χ4n) is 4.59. The maximum absolute atomic E-state index is 5.64. The van der Waals surface area contributed by atoms with Gasteiger partial charge in [0.2, 0.25) is 0 Å². The van der Waals surface area contributed by atoms with Crippen molar-refractivity contribution in [2.45, 2.75) is 51.1 Å². The number of benzene rings is 1. The average molecular weight is 383 g/mol. The Balaban J connectivity index is 1.29. The van der Waals surface area contributed by atoms with Gasteiger partial charge in [0, 0.05) is 19.5 Å². The number of hydrogen-bond donors (Lipinski definition) is 1. The molecule has 2 aliphatic rings. The Morgan fingerprint density at radius 3 is 2.21 bits per heavy atom. The van der Waals surface area contributed by atoms with Gasteiger partial charge in [0.15, 0.2) is 0 Å². The highest BCUT2D eigenvalue weighted by atomic mass is 15.3. The molecular weight excluding hydrogens is 348 g/mol. The first-order chi connectivity index (χ1) is 13.7. The molecule has 28 heavy (non-hydrogen) atoms. The molecule has 0 bridgehead atoms. The third-order valence-electron chi connectivity index (χ3n) is 6.38. The number of nitrogens with two attached hydrogens (primary N) is 1. The van der Waals surface area contributed by atoms with E-state index < -0.39 is 0 Å². The summed E-state index contributed by atoms with van der Waals surface area (Å²) in [6, 6.07) is 8.95. The Morgan fingerprint density at radius 1 is 0.893 bits per heavy atom. The highest BCUT2D eigenvalue weighted by Crippen LogP contribution is 2.28. The molecule has 0 atom stereocenters. The average Bonchev–Trinajstić information content (AvgIpc) is 3.35. The molecule has 152 valence electrons. The second kappa shape index (κ2) is 9.16. The van der Waals surface area contributed by atoms with Gasteiger partial charge in [0.05, 0.1) is 6.54 Å². The third kappa shape index (κ3) is 4.62. The lowest BCUT2D eigenvalue weighted by molar-refractivity contribution is 0.200. The van der Waals surface area contributed by atoms with E-state index in [2.05, 4.69) is 55.9 Å². The smallest absolute Gasteiger partial charge is 0.146 e. The summed E-state index contributed by atoms with van der Waals surface area (Å²) in [4.78, 5) is 5.06. The van der Waals surface area contributed by atoms with Crippen LogP contribution < -0.4 is 5.73 Å². The molecule has 2 N–H and O–H groups in total. The van der Waals surface area contributed by atoms with Gasteiger partial charge in [0.1, 0.15) is 11.6 Å². The molecular formula is C22H34N6. The Bertz CT molecular complexity index is 739. The molecule has 0 saturated carbocycles. The van der Waals surface area contributed by atoms with Crippen LogP contribution in [-0.4, -0.2) is 57.3 Å². The maximum Gasteiger partial charge on any atom is 0.146 e. The van der Waals surface area contributed by atoms with E-state index in [0.29, 0.717) is 12.5 Å². The van der Waals surface area contributed by atoms with Gasteiger partial charge in [0.25, 0.3) is 0 Å². The molecule has 2 fully saturated rings. The van der Waals surface area contributed by atoms with Crippen molar-refractivity contribution in [3.05, 3.63) is 47.0 Å². The van der Waals surface area contributed by atoms with Crippen molar-refractivity contribution in [2.75, 3.05) is 32.7 Å². The number of rotatable bonds is 7. The van der Waals surface area contributed by atoms with Crippen molar-refractivity contribution < 1.29 is 0 Å². The van der Waals surface area contributed by atoms with Crippen molar-refractivity contribution in [1.29, 1.82) is 0 Å². The van der Waals surface area contributed by atoms with Gasteiger partial charge in [-0.1, -0.05) is 24.3 Å². The number of hydrogen-bond acceptors (Lipinski definition) is 5. The zero-order chi connectivity index (χ0) is 19.3. The van der Waals surface area contributed by atoms with Crippen LogP contribution in [0, 0.1) is 0 Å². The Morgan fingerprint density at radius 2 is 1.54 bits per heavy atom. The minimum atomic E-state index is 0.535. The van der Waals surface area contributed by atoms with E-state index in [1.54, 1.807) is 0 Å². The van der Waals surface area contributed by atoms with Crippen molar-refractivity contribution in [2.24, 2.45) is 12.8 Å². The van der Waals surface area contributed by atoms with E-state index in [1.165, 1.54) is 55.7 Å². The Hall–Kier alpha value is -1.76. The first-order valence-electron chi connectivity index (χ1n) is 10.8. The van der Waals surface area contributed by atoms with Crippen molar-refractivity contribution in [3.63, 3.8) is 0 Å². The molecule has 1 aromatic carbocycles. The molecule has 0 radical (unpaired) electrons. The SMILES string of the molecule is Cn1c(CN2CCCC2)nnc1C1CCN(Cc2ccc(CCN)cc2)CC1. The topological polar surface area (TPSA) is 63.2 Å². The molecule has 0 unspecified atom stereocenters. The van der Waals surface area contributed by atoms with Crippen molar-refractivity contribution in [3.8, 4) is 0 Å². The minimum absolute atomic E-state index is 0.535. The van der Waals surface area contributed by atoms with E-state index in [-0.39, 0.29) is 0 Å². The van der Waals surface area contributed by atoms with Crippen molar-refractivity contribution >= 4 is 0 Å². The monoisotopic (exact) mass is 382 g/mol. The van der Waals surface area contributed by atoms with E-state index in [4.69, 9.17) is 5.73 Å². The third-order valence-corrected chi connectivity index (χ3v) is 6.38. The van der Waals surface area contributed by atoms with E-state index in [1.807, 2.05) is 0 Å². The van der Waals surface area contributed by atoms with Crippen LogP contribution >= 0.6 is 0 Å². The lowest BCUT2D eigenvalue weighted by Gasteiger charge is -2.31. The summed E-state index contributed by atoms with van der Waals surface area (Å²) >= 11 is 0. The molecule has 1 aromatic heterocycles. The Labute approximate surface area is 168 Å². The van der Waals surface area contributed by atoms with E-state index in [0.717, 1.165) is 38.4 Å². The minimum Gasteiger partial charge on any atom is -0.330 e. The predicted molar refractivity (Wildman–Crippen MR) is 112 cm³/mol. The molecule has 4 rings (SSSR count). The van der Waals surface area contributed by atoms with Gasteiger partial charge in [-0.3, -0.25) is 9.80 Å². The van der Waals surface area contributed by atoms with Gasteiger partial charge in [-0.25, -0.2) is 0 Å². The van der Waals surface area contributed by atoms with Gasteiger partial charge < -0.3 is 10.3 Å². The van der Waals surface area contributed by atoms with Gasteiger partial charge in [-0.2, -0.15) is 0 Å². The largest absolute Gasteiger partial charge is 0.330 e. The predicted octanol–water partition coefficient (Wildman–Crippen LogP) is 2.29. The van der Waals surface area contributed by atoms with Crippen LogP contribution in [0.25, 0.3) is 0 Å². The summed E-state index contributed by atoms with van der Waals surface area (Å²) < 4.78 is 2.26. The van der Waals surface area contributed by atoms with Crippen LogP contribution in [-0.2, 0) is 26.6 Å². The molecule has 0 amide bonds. The van der Waals surface area contributed by atoms with Crippen LogP contribution in [0.4, 0.5) is 0 Å². The summed E-state index contributed by atoms with van der Waals surface area (Å²) in [6.45, 7) is 7.36. The quantitative estimate of drug-likeness (QED) is 0.796. The second-order valence-electron chi connectivity index (χ2n) is 8.42. The number of likely N-dealkylation sites (tertiary alicyclic amines) is 2. The van der Waals surface area contributed by atoms with Gasteiger partial charge in [-0.15, -0.1) is 10.2 Å². The molecule has 2 aliphatic heterocycles. The first-order valence-corrected chi connectivity index (χ1v) is 10.8. The number of piperidine rings is 1. The van der Waals surface area contributed by atoms with E-state index in [9.17, 15) is 0 Å². The van der Waals surface area contributed by atoms with Crippen LogP contribution in [0.3, 0.4) is 0 Å². The normalized spacial score (nSPS) is 19.5. The lowest BCUT2D eigenvalue weighted by Crippen LogP contribution is -2.33. The van der Waals surface area contributed by atoms with Crippen LogP contribution in [0.1, 0.15) is 54.4 Å². The van der Waals surface area contributed by atoms with Crippen LogP contribution in [0.15, 0.2) is 24.3 Å². The molecule has 6 heteroatoms. The van der Waals surface area contributed by atoms with Gasteiger partial charge >= 0.3 is 0 Å². The lowest BCUT2D eigenvalue weighted by atomic mass is 9.95. The summed E-state index contributed by atoms with van der Waals surface area (Å²) in [5.74, 6) is 2.84. The fraction of sp³-hybridized carbons (Fsp3) is 0.636. The molecule has 0 spiro atoms. The zero-order valence-corrected chi connectivity index (χ0v) is 17.2. The van der Waals surface area contributed by atoms with Gasteiger partial charge in [-0.05, 0) is 76.0 Å². The number of aromatic nitrogens is 3. The maximum atomic E-state index is 5.64. The fourth-order valence-corrected chi connectivity index (χ4v) is 4.59. The highest BCUT2D eigenvalue weighted by Gasteiger charge is 2.26. The molecule has 2 saturated heterocycles. The van der Waals surface area contributed by atoms with Crippen LogP contribution in [0.2, 0.25) is 0 Å². The van der Waals surface area contributed by atoms with Crippen molar-refractivity contribution in [1.82, 2.24) is 24.6 Å². The van der Waals surface area contributed by atoms with E-state index >= 15 is 0 Å². The Kier molecular flexibility index (Phi) is 6.40. The highest BCUT2D eigenvalue weighted by molar-refractivity contribution is 5.22. The number of nitrogens with zero attached hydrogens (tertiary/aromatic N) is 5. The molecule has 0 aliphatic carbocycles. The second-order valence-corrected chi connectivity index (χ2v) is 8.42. The first kappa shape index (κ1) is 19.6. The zero-order valence-electron chi connectivity index (χ0n) is 17.2. The summed E-state index contributed by atoms with van der Waals surface area (Å²) in [5, 5.41) is 9.09.